The van der Waals surface area contributed by atoms with Crippen LogP contribution in [0.4, 0.5) is 8.78 Å². The van der Waals surface area contributed by atoms with Gasteiger partial charge < -0.3 is 19.4 Å². The van der Waals surface area contributed by atoms with Crippen LogP contribution in [0.1, 0.15) is 36.0 Å². The summed E-state index contributed by atoms with van der Waals surface area (Å²) in [6.07, 6.45) is 6.19. The van der Waals surface area contributed by atoms with Gasteiger partial charge in [0.2, 0.25) is 18.3 Å². The van der Waals surface area contributed by atoms with Gasteiger partial charge >= 0.3 is 0 Å². The van der Waals surface area contributed by atoms with Gasteiger partial charge in [0.15, 0.2) is 5.83 Å². The summed E-state index contributed by atoms with van der Waals surface area (Å²) in [7, 11) is 1.83. The molecule has 0 radical (unpaired) electrons. The van der Waals surface area contributed by atoms with Gasteiger partial charge in [-0.25, -0.2) is 20.3 Å². The molecule has 0 bridgehead atoms. The van der Waals surface area contributed by atoms with Crippen LogP contribution in [0.2, 0.25) is 0 Å². The number of ether oxygens (including phenoxy) is 1. The molecule has 1 aromatic rings. The normalized spacial score (nSPS) is 28.2. The van der Waals surface area contributed by atoms with E-state index in [2.05, 4.69) is 28.6 Å². The summed E-state index contributed by atoms with van der Waals surface area (Å²) in [6.45, 7) is 12.5. The van der Waals surface area contributed by atoms with Crippen LogP contribution >= 0.6 is 0 Å². The fourth-order valence-corrected chi connectivity index (χ4v) is 7.33. The molecule has 11 heteroatoms. The maximum Gasteiger partial charge on any atom is 0.246 e. The summed E-state index contributed by atoms with van der Waals surface area (Å²) in [6, 6.07) is 6.53. The minimum Gasteiger partial charge on any atom is -0.475 e. The van der Waals surface area contributed by atoms with E-state index in [1.54, 1.807) is 11.1 Å². The van der Waals surface area contributed by atoms with Crippen LogP contribution in [0.3, 0.4) is 0 Å². The van der Waals surface area contributed by atoms with Crippen molar-refractivity contribution in [3.8, 4) is 6.07 Å². The third-order valence-electron chi connectivity index (χ3n) is 9.63. The molecule has 4 aliphatic heterocycles. The van der Waals surface area contributed by atoms with Crippen molar-refractivity contribution in [1.82, 2.24) is 14.7 Å². The number of amides is 1. The number of fused-ring (bicyclic) bond motifs is 2. The van der Waals surface area contributed by atoms with Crippen LogP contribution < -0.4 is 0 Å². The number of aryl methyl sites for hydroxylation is 1. The number of likely N-dealkylation sites (tertiary alicyclic amines) is 1. The smallest absolute Gasteiger partial charge is 0.246 e. The van der Waals surface area contributed by atoms with Crippen LogP contribution in [0.5, 0.6) is 0 Å². The van der Waals surface area contributed by atoms with Crippen LogP contribution in [-0.2, 0) is 22.4 Å². The zero-order chi connectivity index (χ0) is 31.7. The zero-order valence-electron chi connectivity index (χ0n) is 25.5. The van der Waals surface area contributed by atoms with E-state index in [0.29, 0.717) is 31.8 Å². The van der Waals surface area contributed by atoms with Crippen molar-refractivity contribution in [3.63, 3.8) is 0 Å². The molecule has 1 aromatic carbocycles. The molecule has 0 N–H and O–H groups in total. The molecular formula is C34H37F2N7O2. The molecule has 6 rings (SSSR count). The van der Waals surface area contributed by atoms with Crippen LogP contribution in [0, 0.1) is 23.8 Å². The second-order valence-electron chi connectivity index (χ2n) is 12.3. The van der Waals surface area contributed by atoms with Gasteiger partial charge in [-0.1, -0.05) is 24.8 Å². The maximum atomic E-state index is 16.8. The number of likely N-dealkylation sites (N-methyl/N-ethyl adjacent to an activating group) is 1. The van der Waals surface area contributed by atoms with Gasteiger partial charge in [-0.2, -0.15) is 5.26 Å². The molecule has 0 aromatic heterocycles. The fourth-order valence-electron chi connectivity index (χ4n) is 7.33. The Morgan fingerprint density at radius 3 is 2.82 bits per heavy atom. The Balaban J connectivity index is 1.39. The maximum absolute atomic E-state index is 16.8. The lowest BCUT2D eigenvalue weighted by molar-refractivity contribution is -0.130. The number of benzene rings is 1. The number of hydrogen-bond donors (Lipinski definition) is 0. The molecule has 234 valence electrons. The van der Waals surface area contributed by atoms with Crippen molar-refractivity contribution in [3.05, 3.63) is 76.1 Å². The molecule has 4 heterocycles. The van der Waals surface area contributed by atoms with E-state index in [9.17, 15) is 14.4 Å². The third kappa shape index (κ3) is 5.78. The van der Waals surface area contributed by atoms with Gasteiger partial charge in [0.1, 0.15) is 42.2 Å². The van der Waals surface area contributed by atoms with Gasteiger partial charge in [0, 0.05) is 49.7 Å². The Labute approximate surface area is 262 Å². The van der Waals surface area contributed by atoms with Gasteiger partial charge in [-0.05, 0) is 56.4 Å². The molecule has 45 heavy (non-hydrogen) atoms. The summed E-state index contributed by atoms with van der Waals surface area (Å²) in [5.74, 6) is -1.41. The van der Waals surface area contributed by atoms with Crippen molar-refractivity contribution >= 4 is 23.7 Å². The monoisotopic (exact) mass is 613 g/mol. The van der Waals surface area contributed by atoms with Crippen LogP contribution in [0.25, 0.3) is 10.5 Å². The Morgan fingerprint density at radius 2 is 2.09 bits per heavy atom. The molecule has 0 saturated carbocycles. The standard InChI is InChI=1S/C34H37F2N7O2/c1-4-29(44)43-13-12-42(19-24(43)16-38-2)33-27(15-37)34(45-20-23-14-22(35)18-41(23)3)40-32-28(33)17-39-31(30(32)36)26-11-7-9-21-8-5-6-10-25(21)26/h4,7,9,11,17,22-24,28,32H,1,5-6,8,10,12-14,16,18-20H2,3H3/t22-,23+,24+,28?,32?/m1/s1. The van der Waals surface area contributed by atoms with E-state index >= 15 is 4.39 Å². The Bertz CT molecular complexity index is 1590. The van der Waals surface area contributed by atoms with E-state index in [0.717, 1.165) is 36.8 Å². The van der Waals surface area contributed by atoms with E-state index in [-0.39, 0.29) is 48.8 Å². The van der Waals surface area contributed by atoms with E-state index in [4.69, 9.17) is 16.3 Å². The molecular weight excluding hydrogens is 576 g/mol. The first-order valence-corrected chi connectivity index (χ1v) is 15.6. The molecule has 5 atom stereocenters. The largest absolute Gasteiger partial charge is 0.475 e. The van der Waals surface area contributed by atoms with Crippen molar-refractivity contribution in [2.75, 3.05) is 46.4 Å². The molecule has 1 aliphatic carbocycles. The first kappa shape index (κ1) is 30.7. The minimum atomic E-state index is -1.01. The van der Waals surface area contributed by atoms with Gasteiger partial charge in [-0.3, -0.25) is 14.7 Å². The average molecular weight is 614 g/mol. The molecule has 1 amide bonds. The zero-order valence-corrected chi connectivity index (χ0v) is 25.5. The number of hydrogen-bond acceptors (Lipinski definition) is 7. The third-order valence-corrected chi connectivity index (χ3v) is 9.63. The Hall–Kier alpha value is -4.35. The van der Waals surface area contributed by atoms with Crippen LogP contribution in [-0.4, -0.2) is 103 Å². The fraction of sp³-hybridized carbons (Fsp3) is 0.500. The minimum absolute atomic E-state index is 0.0238. The number of alkyl halides is 1. The first-order valence-electron chi connectivity index (χ1n) is 15.6. The molecule has 9 nitrogen and oxygen atoms in total. The van der Waals surface area contributed by atoms with E-state index < -0.39 is 30.0 Å². The Morgan fingerprint density at radius 1 is 1.27 bits per heavy atom. The van der Waals surface area contributed by atoms with Crippen molar-refractivity contribution in [2.45, 2.75) is 56.4 Å². The molecule has 2 unspecified atom stereocenters. The average Bonchev–Trinajstić information content (AvgIpc) is 3.39. The summed E-state index contributed by atoms with van der Waals surface area (Å²) in [5.41, 5.74) is 4.03. The van der Waals surface area contributed by atoms with Gasteiger partial charge in [-0.15, -0.1) is 0 Å². The van der Waals surface area contributed by atoms with Gasteiger partial charge in [0.25, 0.3) is 0 Å². The van der Waals surface area contributed by atoms with Gasteiger partial charge in [0.05, 0.1) is 5.92 Å². The quantitative estimate of drug-likeness (QED) is 0.356. The van der Waals surface area contributed by atoms with Crippen molar-refractivity contribution in [2.24, 2.45) is 15.9 Å². The lowest BCUT2D eigenvalue weighted by Gasteiger charge is -2.44. The highest BCUT2D eigenvalue weighted by atomic mass is 19.1. The second-order valence-corrected chi connectivity index (χ2v) is 12.3. The SMILES string of the molecule is [C-]#[N+]C[C@H]1CN(C2=C(C#N)C(OC[C@@H]3C[C@@H](F)CN3C)=NC3C(F)=C(c4cccc5c4CCCC5)N=CC23)CCN1C(=O)C=C. The topological polar surface area (TPSA) is 88.9 Å². The number of rotatable bonds is 6. The molecule has 0 spiro atoms. The Kier molecular flexibility index (Phi) is 8.82. The van der Waals surface area contributed by atoms with Crippen molar-refractivity contribution < 1.29 is 18.3 Å². The number of carbonyl (C=O) groups excluding carboxylic acids is 1. The number of aliphatic imine (C=N–C) groups is 2. The molecule has 5 aliphatic rings. The summed E-state index contributed by atoms with van der Waals surface area (Å²) in [5, 5.41) is 10.5. The number of nitrogens with zero attached hydrogens (tertiary/aromatic N) is 7. The number of piperazine rings is 1. The summed E-state index contributed by atoms with van der Waals surface area (Å²) in [4.78, 5) is 31.0. The highest BCUT2D eigenvalue weighted by molar-refractivity contribution is 6.01. The predicted molar refractivity (Wildman–Crippen MR) is 168 cm³/mol. The lowest BCUT2D eigenvalue weighted by atomic mass is 9.83. The molecule has 2 saturated heterocycles. The predicted octanol–water partition coefficient (Wildman–Crippen LogP) is 4.14. The number of dihydropyridines is 1. The van der Waals surface area contributed by atoms with Crippen LogP contribution in [0.15, 0.2) is 57.9 Å². The number of carbonyl (C=O) groups is 1. The lowest BCUT2D eigenvalue weighted by Crippen LogP contribution is -2.57. The summed E-state index contributed by atoms with van der Waals surface area (Å²) >= 11 is 0. The second kappa shape index (κ2) is 12.9. The van der Waals surface area contributed by atoms with E-state index in [1.165, 1.54) is 11.6 Å². The first-order chi connectivity index (χ1) is 21.8. The highest BCUT2D eigenvalue weighted by Gasteiger charge is 2.44. The summed E-state index contributed by atoms with van der Waals surface area (Å²) < 4.78 is 37.1. The van der Waals surface area contributed by atoms with E-state index in [1.807, 2.05) is 29.0 Å². The van der Waals surface area contributed by atoms with Crippen molar-refractivity contribution in [1.29, 1.82) is 5.26 Å². The molecule has 2 fully saturated rings. The highest BCUT2D eigenvalue weighted by Crippen LogP contribution is 2.42. The number of nitriles is 1. The number of halogens is 2.